The number of anilines is 1. The van der Waals surface area contributed by atoms with Crippen LogP contribution in [0.15, 0.2) is 28.7 Å². The van der Waals surface area contributed by atoms with Crippen molar-refractivity contribution < 1.29 is 4.79 Å². The van der Waals surface area contributed by atoms with E-state index >= 15 is 0 Å². The fourth-order valence-electron chi connectivity index (χ4n) is 1.75. The minimum atomic E-state index is -0.151. The Labute approximate surface area is 123 Å². The number of amides is 2. The van der Waals surface area contributed by atoms with Crippen molar-refractivity contribution >= 4 is 27.6 Å². The van der Waals surface area contributed by atoms with Gasteiger partial charge in [0.25, 0.3) is 0 Å². The van der Waals surface area contributed by atoms with Crippen LogP contribution >= 0.6 is 15.9 Å². The van der Waals surface area contributed by atoms with Crippen LogP contribution in [0.5, 0.6) is 0 Å². The molecule has 5 heteroatoms. The fourth-order valence-corrected chi connectivity index (χ4v) is 2.02. The van der Waals surface area contributed by atoms with Crippen LogP contribution in [-0.2, 0) is 0 Å². The average Bonchev–Trinajstić information content (AvgIpc) is 2.42. The van der Waals surface area contributed by atoms with E-state index in [1.807, 2.05) is 24.3 Å². The van der Waals surface area contributed by atoms with E-state index in [0.29, 0.717) is 6.54 Å². The molecule has 0 bridgehead atoms. The van der Waals surface area contributed by atoms with E-state index in [4.69, 9.17) is 0 Å². The van der Waals surface area contributed by atoms with Crippen LogP contribution in [-0.4, -0.2) is 37.1 Å². The van der Waals surface area contributed by atoms with Gasteiger partial charge in [-0.25, -0.2) is 4.79 Å². The Balaban J connectivity index is 2.19. The van der Waals surface area contributed by atoms with Gasteiger partial charge in [-0.05, 0) is 50.3 Å². The van der Waals surface area contributed by atoms with Crippen LogP contribution in [0, 0.1) is 0 Å². The van der Waals surface area contributed by atoms with Crippen molar-refractivity contribution in [3.63, 3.8) is 0 Å². The maximum atomic E-state index is 11.6. The lowest BCUT2D eigenvalue weighted by atomic mass is 10.3. The number of carbonyl (C=O) groups is 1. The summed E-state index contributed by atoms with van der Waals surface area (Å²) in [6, 6.07) is 7.37. The first-order valence-corrected chi connectivity index (χ1v) is 7.47. The summed E-state index contributed by atoms with van der Waals surface area (Å²) >= 11 is 3.36. The lowest BCUT2D eigenvalue weighted by molar-refractivity contribution is 0.250. The van der Waals surface area contributed by atoms with Gasteiger partial charge in [-0.15, -0.1) is 0 Å². The van der Waals surface area contributed by atoms with Crippen LogP contribution in [0.4, 0.5) is 10.5 Å². The van der Waals surface area contributed by atoms with E-state index in [-0.39, 0.29) is 6.03 Å². The quantitative estimate of drug-likeness (QED) is 0.754. The minimum Gasteiger partial charge on any atom is -0.338 e. The summed E-state index contributed by atoms with van der Waals surface area (Å²) in [5.41, 5.74) is 0.796. The SMILES string of the molecule is CCN(CC)CCCNC(=O)Nc1ccc(Br)cc1. The average molecular weight is 328 g/mol. The van der Waals surface area contributed by atoms with Gasteiger partial charge in [-0.1, -0.05) is 29.8 Å². The third-order valence-electron chi connectivity index (χ3n) is 2.93. The highest BCUT2D eigenvalue weighted by Crippen LogP contribution is 2.13. The van der Waals surface area contributed by atoms with Crippen molar-refractivity contribution in [2.45, 2.75) is 20.3 Å². The van der Waals surface area contributed by atoms with Gasteiger partial charge >= 0.3 is 6.03 Å². The molecule has 0 saturated heterocycles. The fraction of sp³-hybridized carbons (Fsp3) is 0.500. The van der Waals surface area contributed by atoms with Crippen LogP contribution in [0.25, 0.3) is 0 Å². The zero-order valence-electron chi connectivity index (χ0n) is 11.6. The van der Waals surface area contributed by atoms with E-state index in [2.05, 4.69) is 45.3 Å². The monoisotopic (exact) mass is 327 g/mol. The van der Waals surface area contributed by atoms with Crippen molar-refractivity contribution in [1.29, 1.82) is 0 Å². The highest BCUT2D eigenvalue weighted by atomic mass is 79.9. The largest absolute Gasteiger partial charge is 0.338 e. The smallest absolute Gasteiger partial charge is 0.319 e. The molecule has 2 N–H and O–H groups in total. The molecule has 106 valence electrons. The van der Waals surface area contributed by atoms with E-state index in [1.54, 1.807) is 0 Å². The zero-order valence-corrected chi connectivity index (χ0v) is 13.2. The molecule has 1 aromatic carbocycles. The second kappa shape index (κ2) is 8.93. The molecule has 0 aromatic heterocycles. The summed E-state index contributed by atoms with van der Waals surface area (Å²) in [4.78, 5) is 14.0. The molecule has 0 fully saturated rings. The zero-order chi connectivity index (χ0) is 14.1. The summed E-state index contributed by atoms with van der Waals surface area (Å²) in [7, 11) is 0. The molecule has 0 aliphatic heterocycles. The van der Waals surface area contributed by atoms with Gasteiger partial charge in [0.05, 0.1) is 0 Å². The Morgan fingerprint density at radius 2 is 1.84 bits per heavy atom. The van der Waals surface area contributed by atoms with Crippen LogP contribution in [0.1, 0.15) is 20.3 Å². The number of nitrogens with zero attached hydrogens (tertiary/aromatic N) is 1. The van der Waals surface area contributed by atoms with Gasteiger partial charge in [0.1, 0.15) is 0 Å². The van der Waals surface area contributed by atoms with Gasteiger partial charge in [-0.2, -0.15) is 0 Å². The van der Waals surface area contributed by atoms with Crippen molar-refractivity contribution in [3.05, 3.63) is 28.7 Å². The molecular formula is C14H22BrN3O. The number of urea groups is 1. The highest BCUT2D eigenvalue weighted by molar-refractivity contribution is 9.10. The molecule has 1 aromatic rings. The summed E-state index contributed by atoms with van der Waals surface area (Å²) in [5.74, 6) is 0. The molecule has 0 atom stereocenters. The second-order valence-corrected chi connectivity index (χ2v) is 5.18. The van der Waals surface area contributed by atoms with Crippen molar-refractivity contribution in [2.24, 2.45) is 0 Å². The Morgan fingerprint density at radius 3 is 2.42 bits per heavy atom. The molecule has 0 heterocycles. The first kappa shape index (κ1) is 16.0. The third-order valence-corrected chi connectivity index (χ3v) is 3.46. The van der Waals surface area contributed by atoms with E-state index in [1.165, 1.54) is 0 Å². The topological polar surface area (TPSA) is 44.4 Å². The molecule has 1 rings (SSSR count). The lowest BCUT2D eigenvalue weighted by Crippen LogP contribution is -2.32. The van der Waals surface area contributed by atoms with E-state index < -0.39 is 0 Å². The number of hydrogen-bond acceptors (Lipinski definition) is 2. The van der Waals surface area contributed by atoms with Gasteiger partial charge in [-0.3, -0.25) is 0 Å². The predicted octanol–water partition coefficient (Wildman–Crippen LogP) is 3.30. The van der Waals surface area contributed by atoms with Crippen molar-refractivity contribution in [1.82, 2.24) is 10.2 Å². The molecule has 0 unspecified atom stereocenters. The van der Waals surface area contributed by atoms with Crippen LogP contribution in [0.2, 0.25) is 0 Å². The molecule has 0 radical (unpaired) electrons. The summed E-state index contributed by atoms with van der Waals surface area (Å²) < 4.78 is 0.998. The summed E-state index contributed by atoms with van der Waals surface area (Å²) in [5, 5.41) is 5.66. The molecule has 0 saturated carbocycles. The number of carbonyl (C=O) groups excluding carboxylic acids is 1. The lowest BCUT2D eigenvalue weighted by Gasteiger charge is -2.17. The Hall–Kier alpha value is -1.07. The second-order valence-electron chi connectivity index (χ2n) is 4.27. The number of halogens is 1. The van der Waals surface area contributed by atoms with E-state index in [0.717, 1.165) is 36.2 Å². The first-order chi connectivity index (χ1) is 9.15. The number of benzene rings is 1. The van der Waals surface area contributed by atoms with Crippen LogP contribution in [0.3, 0.4) is 0 Å². The Bertz CT molecular complexity index is 377. The van der Waals surface area contributed by atoms with Gasteiger partial charge in [0.15, 0.2) is 0 Å². The molecular weight excluding hydrogens is 306 g/mol. The molecule has 19 heavy (non-hydrogen) atoms. The molecule has 0 aliphatic carbocycles. The Morgan fingerprint density at radius 1 is 1.21 bits per heavy atom. The maximum absolute atomic E-state index is 11.6. The van der Waals surface area contributed by atoms with Crippen LogP contribution < -0.4 is 10.6 Å². The molecule has 2 amide bonds. The summed E-state index contributed by atoms with van der Waals surface area (Å²) in [6.45, 7) is 8.13. The number of hydrogen-bond donors (Lipinski definition) is 2. The predicted molar refractivity (Wildman–Crippen MR) is 83.6 cm³/mol. The van der Waals surface area contributed by atoms with E-state index in [9.17, 15) is 4.79 Å². The van der Waals surface area contributed by atoms with Gasteiger partial charge < -0.3 is 15.5 Å². The number of nitrogens with one attached hydrogen (secondary N) is 2. The third kappa shape index (κ3) is 6.59. The minimum absolute atomic E-state index is 0.151. The van der Waals surface area contributed by atoms with Gasteiger partial charge in [0, 0.05) is 16.7 Å². The first-order valence-electron chi connectivity index (χ1n) is 6.68. The molecule has 4 nitrogen and oxygen atoms in total. The standard InChI is InChI=1S/C14H22BrN3O/c1-3-18(4-2)11-5-10-16-14(19)17-13-8-6-12(15)7-9-13/h6-9H,3-5,10-11H2,1-2H3,(H2,16,17,19). The van der Waals surface area contributed by atoms with Crippen molar-refractivity contribution in [2.75, 3.05) is 31.5 Å². The highest BCUT2D eigenvalue weighted by Gasteiger charge is 2.02. The molecule has 0 spiro atoms. The van der Waals surface area contributed by atoms with Crippen molar-refractivity contribution in [3.8, 4) is 0 Å². The molecule has 0 aliphatic rings. The van der Waals surface area contributed by atoms with Gasteiger partial charge in [0.2, 0.25) is 0 Å². The Kier molecular flexibility index (Phi) is 7.52. The number of rotatable bonds is 7. The summed E-state index contributed by atoms with van der Waals surface area (Å²) in [6.07, 6.45) is 0.968. The normalized spacial score (nSPS) is 10.5. The maximum Gasteiger partial charge on any atom is 0.319 e.